The number of hydrogen-bond donors (Lipinski definition) is 1. The number of likely N-dealkylation sites (tertiary alicyclic amines) is 1. The maximum absolute atomic E-state index is 9.57. The minimum absolute atomic E-state index is 0.170. The van der Waals surface area contributed by atoms with Crippen molar-refractivity contribution in [1.82, 2.24) is 14.9 Å². The van der Waals surface area contributed by atoms with Crippen molar-refractivity contribution in [3.05, 3.63) is 18.0 Å². The zero-order valence-electron chi connectivity index (χ0n) is 11.0. The summed E-state index contributed by atoms with van der Waals surface area (Å²) in [5.41, 5.74) is 1.17. The Hall–Kier alpha value is -0.650. The molecular weight excluding hydrogens is 246 g/mol. The van der Waals surface area contributed by atoms with Gasteiger partial charge in [-0.05, 0) is 45.0 Å². The van der Waals surface area contributed by atoms with Crippen LogP contribution in [0.5, 0.6) is 0 Å². The number of hydrogen-bond acceptors (Lipinski definition) is 5. The fraction of sp³-hybridized carbons (Fsp3) is 0.692. The Labute approximate surface area is 113 Å². The Kier molecular flexibility index (Phi) is 4.97. The first-order valence-corrected chi connectivity index (χ1v) is 7.67. The molecule has 100 valence electrons. The molecule has 1 aromatic rings. The lowest BCUT2D eigenvalue weighted by Crippen LogP contribution is -2.36. The fourth-order valence-corrected chi connectivity index (χ4v) is 2.70. The summed E-state index contributed by atoms with van der Waals surface area (Å²) in [5, 5.41) is 10.4. The van der Waals surface area contributed by atoms with Gasteiger partial charge in [0.2, 0.25) is 0 Å². The number of piperidine rings is 1. The minimum atomic E-state index is -0.170. The Morgan fingerprint density at radius 3 is 2.50 bits per heavy atom. The SMILES string of the molecule is CSc1ncc(CN2CCC(C(C)O)CC2)cn1. The maximum atomic E-state index is 9.57. The quantitative estimate of drug-likeness (QED) is 0.666. The van der Waals surface area contributed by atoms with Gasteiger partial charge in [-0.3, -0.25) is 4.90 Å². The first kappa shape index (κ1) is 13.8. The van der Waals surface area contributed by atoms with Gasteiger partial charge in [0.05, 0.1) is 6.10 Å². The van der Waals surface area contributed by atoms with Crippen molar-refractivity contribution in [3.63, 3.8) is 0 Å². The molecule has 5 heteroatoms. The molecule has 2 heterocycles. The van der Waals surface area contributed by atoms with Gasteiger partial charge in [0.1, 0.15) is 0 Å². The number of aromatic nitrogens is 2. The molecule has 0 amide bonds. The summed E-state index contributed by atoms with van der Waals surface area (Å²) in [6.07, 6.45) is 7.81. The lowest BCUT2D eigenvalue weighted by atomic mass is 9.92. The molecule has 1 aromatic heterocycles. The van der Waals surface area contributed by atoms with Crippen molar-refractivity contribution in [2.24, 2.45) is 5.92 Å². The monoisotopic (exact) mass is 267 g/mol. The van der Waals surface area contributed by atoms with Gasteiger partial charge in [-0.2, -0.15) is 0 Å². The lowest BCUT2D eigenvalue weighted by Gasteiger charge is -2.33. The molecule has 0 spiro atoms. The molecule has 0 saturated carbocycles. The van der Waals surface area contributed by atoms with E-state index in [1.54, 1.807) is 11.8 Å². The van der Waals surface area contributed by atoms with Gasteiger partial charge in [-0.1, -0.05) is 11.8 Å². The van der Waals surface area contributed by atoms with E-state index in [4.69, 9.17) is 0 Å². The Morgan fingerprint density at radius 2 is 2.00 bits per heavy atom. The summed E-state index contributed by atoms with van der Waals surface area (Å²) in [6.45, 7) is 4.93. The fourth-order valence-electron chi connectivity index (χ4n) is 2.38. The molecule has 1 saturated heterocycles. The van der Waals surface area contributed by atoms with E-state index in [1.807, 2.05) is 25.6 Å². The molecule has 18 heavy (non-hydrogen) atoms. The van der Waals surface area contributed by atoms with E-state index < -0.39 is 0 Å². The standard InChI is InChI=1S/C13H21N3OS/c1-10(17)12-3-5-16(6-4-12)9-11-7-14-13(18-2)15-8-11/h7-8,10,12,17H,3-6,9H2,1-2H3. The smallest absolute Gasteiger partial charge is 0.187 e. The molecule has 0 aliphatic carbocycles. The van der Waals surface area contributed by atoms with Crippen molar-refractivity contribution in [2.45, 2.75) is 37.6 Å². The highest BCUT2D eigenvalue weighted by Gasteiger charge is 2.22. The molecule has 4 nitrogen and oxygen atoms in total. The van der Waals surface area contributed by atoms with Crippen molar-refractivity contribution >= 4 is 11.8 Å². The molecular formula is C13H21N3OS. The number of rotatable bonds is 4. The van der Waals surface area contributed by atoms with E-state index in [0.717, 1.165) is 37.6 Å². The molecule has 0 radical (unpaired) electrons. The van der Waals surface area contributed by atoms with Crippen molar-refractivity contribution in [2.75, 3.05) is 19.3 Å². The van der Waals surface area contributed by atoms with Gasteiger partial charge in [0, 0.05) is 24.5 Å². The van der Waals surface area contributed by atoms with Crippen molar-refractivity contribution in [3.8, 4) is 0 Å². The average Bonchev–Trinajstić information content (AvgIpc) is 2.40. The van der Waals surface area contributed by atoms with Gasteiger partial charge < -0.3 is 5.11 Å². The molecule has 0 aromatic carbocycles. The first-order chi connectivity index (χ1) is 8.69. The van der Waals surface area contributed by atoms with Crippen LogP contribution >= 0.6 is 11.8 Å². The Balaban J connectivity index is 1.83. The van der Waals surface area contributed by atoms with Crippen molar-refractivity contribution in [1.29, 1.82) is 0 Å². The Morgan fingerprint density at radius 1 is 1.39 bits per heavy atom. The summed E-state index contributed by atoms with van der Waals surface area (Å²) in [5.74, 6) is 0.469. The highest BCUT2D eigenvalue weighted by atomic mass is 32.2. The maximum Gasteiger partial charge on any atom is 0.187 e. The zero-order chi connectivity index (χ0) is 13.0. The summed E-state index contributed by atoms with van der Waals surface area (Å²) >= 11 is 1.56. The number of nitrogens with zero attached hydrogens (tertiary/aromatic N) is 3. The van der Waals surface area contributed by atoms with Gasteiger partial charge >= 0.3 is 0 Å². The normalized spacial score (nSPS) is 19.9. The lowest BCUT2D eigenvalue weighted by molar-refractivity contribution is 0.0694. The number of thioether (sulfide) groups is 1. The third-order valence-electron chi connectivity index (χ3n) is 3.58. The van der Waals surface area contributed by atoms with Crippen molar-refractivity contribution < 1.29 is 5.11 Å². The highest BCUT2D eigenvalue weighted by Crippen LogP contribution is 2.21. The third-order valence-corrected chi connectivity index (χ3v) is 4.16. The minimum Gasteiger partial charge on any atom is -0.393 e. The number of aliphatic hydroxyl groups is 1. The van der Waals surface area contributed by atoms with Gasteiger partial charge in [0.25, 0.3) is 0 Å². The zero-order valence-corrected chi connectivity index (χ0v) is 11.9. The van der Waals surface area contributed by atoms with Crippen LogP contribution < -0.4 is 0 Å². The van der Waals surface area contributed by atoms with Gasteiger partial charge in [0.15, 0.2) is 5.16 Å². The topological polar surface area (TPSA) is 49.2 Å². The third kappa shape index (κ3) is 3.67. The van der Waals surface area contributed by atoms with Crippen LogP contribution in [0, 0.1) is 5.92 Å². The van der Waals surface area contributed by atoms with E-state index in [-0.39, 0.29) is 6.10 Å². The van der Waals surface area contributed by atoms with Crippen LogP contribution in [0.3, 0.4) is 0 Å². The van der Waals surface area contributed by atoms with Crippen LogP contribution in [0.25, 0.3) is 0 Å². The van der Waals surface area contributed by atoms with Crippen LogP contribution in [0.1, 0.15) is 25.3 Å². The van der Waals surface area contributed by atoms with E-state index in [1.165, 1.54) is 5.56 Å². The van der Waals surface area contributed by atoms with Crippen LogP contribution in [0.15, 0.2) is 17.6 Å². The van der Waals surface area contributed by atoms with Crippen LogP contribution in [0.4, 0.5) is 0 Å². The molecule has 0 bridgehead atoms. The average molecular weight is 267 g/mol. The molecule has 1 atom stereocenters. The van der Waals surface area contributed by atoms with E-state index in [9.17, 15) is 5.11 Å². The molecule has 1 aliphatic rings. The van der Waals surface area contributed by atoms with Crippen LogP contribution in [0.2, 0.25) is 0 Å². The second kappa shape index (κ2) is 6.50. The Bertz CT molecular complexity index is 361. The first-order valence-electron chi connectivity index (χ1n) is 6.44. The summed E-state index contributed by atoms with van der Waals surface area (Å²) in [4.78, 5) is 11.0. The highest BCUT2D eigenvalue weighted by molar-refractivity contribution is 7.98. The van der Waals surface area contributed by atoms with E-state index in [0.29, 0.717) is 5.92 Å². The molecule has 1 unspecified atom stereocenters. The number of aliphatic hydroxyl groups excluding tert-OH is 1. The van der Waals surface area contributed by atoms with E-state index in [2.05, 4.69) is 14.9 Å². The summed E-state index contributed by atoms with van der Waals surface area (Å²) in [6, 6.07) is 0. The van der Waals surface area contributed by atoms with Gasteiger partial charge in [-0.15, -0.1) is 0 Å². The summed E-state index contributed by atoms with van der Waals surface area (Å²) in [7, 11) is 0. The molecule has 1 fully saturated rings. The molecule has 1 aliphatic heterocycles. The van der Waals surface area contributed by atoms with Crippen LogP contribution in [-0.4, -0.2) is 45.4 Å². The van der Waals surface area contributed by atoms with E-state index >= 15 is 0 Å². The predicted molar refractivity (Wildman–Crippen MR) is 73.5 cm³/mol. The van der Waals surface area contributed by atoms with Gasteiger partial charge in [-0.25, -0.2) is 9.97 Å². The second-order valence-corrected chi connectivity index (χ2v) is 5.71. The van der Waals surface area contributed by atoms with Crippen LogP contribution in [-0.2, 0) is 6.54 Å². The predicted octanol–water partition coefficient (Wildman–Crippen LogP) is 1.79. The molecule has 2 rings (SSSR count). The summed E-state index contributed by atoms with van der Waals surface area (Å²) < 4.78 is 0. The second-order valence-electron chi connectivity index (χ2n) is 4.93. The molecule has 1 N–H and O–H groups in total. The largest absolute Gasteiger partial charge is 0.393 e.